The quantitative estimate of drug-likeness (QED) is 0.743. The average Bonchev–Trinajstić information content (AvgIpc) is 2.33. The van der Waals surface area contributed by atoms with Crippen molar-refractivity contribution in [3.63, 3.8) is 0 Å². The van der Waals surface area contributed by atoms with Crippen molar-refractivity contribution in [2.24, 2.45) is 0 Å². The fourth-order valence-electron chi connectivity index (χ4n) is 1.61. The number of halogens is 1. The van der Waals surface area contributed by atoms with Gasteiger partial charge in [0.25, 0.3) is 5.91 Å². The van der Waals surface area contributed by atoms with Crippen LogP contribution in [-0.2, 0) is 0 Å². The molecule has 0 fully saturated rings. The molecular weight excluding hydrogens is 308 g/mol. The highest BCUT2D eigenvalue weighted by atomic mass is 79.9. The Morgan fingerprint density at radius 1 is 1.26 bits per heavy atom. The lowest BCUT2D eigenvalue weighted by atomic mass is 10.1. The van der Waals surface area contributed by atoms with Gasteiger partial charge in [0.15, 0.2) is 0 Å². The van der Waals surface area contributed by atoms with Crippen LogP contribution >= 0.6 is 15.9 Å². The minimum atomic E-state index is -0.381. The molecule has 0 heterocycles. The van der Waals surface area contributed by atoms with Crippen LogP contribution in [0.5, 0.6) is 5.75 Å². The van der Waals surface area contributed by atoms with Gasteiger partial charge < -0.3 is 16.2 Å². The van der Waals surface area contributed by atoms with Gasteiger partial charge in [0.05, 0.1) is 5.56 Å². The summed E-state index contributed by atoms with van der Waals surface area (Å²) in [5.41, 5.74) is 8.14. The molecule has 4 N–H and O–H groups in total. The molecule has 2 aromatic carbocycles. The number of carbonyl (C=O) groups excluding carboxylic acids is 1. The Balaban J connectivity index is 2.23. The van der Waals surface area contributed by atoms with E-state index in [1.807, 2.05) is 13.0 Å². The number of phenolic OH excluding ortho intramolecular Hbond substituents is 1. The van der Waals surface area contributed by atoms with E-state index in [1.165, 1.54) is 6.07 Å². The summed E-state index contributed by atoms with van der Waals surface area (Å²) < 4.78 is 0.709. The zero-order valence-corrected chi connectivity index (χ0v) is 11.9. The van der Waals surface area contributed by atoms with Crippen LogP contribution in [0.1, 0.15) is 15.9 Å². The summed E-state index contributed by atoms with van der Waals surface area (Å²) in [6.07, 6.45) is 0. The van der Waals surface area contributed by atoms with Crippen molar-refractivity contribution in [2.45, 2.75) is 6.92 Å². The molecule has 0 aromatic heterocycles. The molecule has 0 atom stereocenters. The number of aromatic hydroxyl groups is 1. The number of nitrogens with one attached hydrogen (secondary N) is 1. The Hall–Kier alpha value is -2.01. The Morgan fingerprint density at radius 2 is 2.00 bits per heavy atom. The summed E-state index contributed by atoms with van der Waals surface area (Å²) in [6.45, 7) is 1.89. The zero-order chi connectivity index (χ0) is 14.0. The number of aryl methyl sites for hydroxylation is 1. The highest BCUT2D eigenvalue weighted by Crippen LogP contribution is 2.24. The van der Waals surface area contributed by atoms with E-state index in [4.69, 9.17) is 5.73 Å². The fourth-order valence-corrected chi connectivity index (χ4v) is 1.96. The van der Waals surface area contributed by atoms with Crippen molar-refractivity contribution in [2.75, 3.05) is 11.1 Å². The Bertz CT molecular complexity index is 641. The number of hydrogen-bond donors (Lipinski definition) is 3. The average molecular weight is 321 g/mol. The second-order valence-electron chi connectivity index (χ2n) is 4.19. The van der Waals surface area contributed by atoms with E-state index in [9.17, 15) is 9.90 Å². The monoisotopic (exact) mass is 320 g/mol. The number of hydrogen-bond acceptors (Lipinski definition) is 3. The lowest BCUT2D eigenvalue weighted by Gasteiger charge is -2.09. The molecule has 0 unspecified atom stereocenters. The van der Waals surface area contributed by atoms with Crippen LogP contribution in [0.3, 0.4) is 0 Å². The first-order valence-corrected chi connectivity index (χ1v) is 6.42. The molecule has 19 heavy (non-hydrogen) atoms. The molecule has 0 aliphatic carbocycles. The third kappa shape index (κ3) is 3.06. The minimum absolute atomic E-state index is 0.0769. The molecule has 0 radical (unpaired) electrons. The molecule has 98 valence electrons. The zero-order valence-electron chi connectivity index (χ0n) is 10.3. The number of nitrogens with two attached hydrogens (primary N) is 1. The third-order valence-electron chi connectivity index (χ3n) is 2.74. The molecule has 2 rings (SSSR count). The third-order valence-corrected chi connectivity index (χ3v) is 3.23. The first-order valence-electron chi connectivity index (χ1n) is 5.63. The number of anilines is 2. The van der Waals surface area contributed by atoms with Crippen LogP contribution in [-0.4, -0.2) is 11.0 Å². The topological polar surface area (TPSA) is 75.3 Å². The van der Waals surface area contributed by atoms with E-state index in [2.05, 4.69) is 21.2 Å². The second-order valence-corrected chi connectivity index (χ2v) is 5.10. The highest BCUT2D eigenvalue weighted by molar-refractivity contribution is 9.10. The predicted octanol–water partition coefficient (Wildman–Crippen LogP) is 3.30. The van der Waals surface area contributed by atoms with Crippen molar-refractivity contribution < 1.29 is 9.90 Å². The fraction of sp³-hybridized carbons (Fsp3) is 0.0714. The first kappa shape index (κ1) is 13.4. The normalized spacial score (nSPS) is 10.2. The smallest absolute Gasteiger partial charge is 0.259 e. The molecule has 2 aromatic rings. The summed E-state index contributed by atoms with van der Waals surface area (Å²) in [4.78, 5) is 12.0. The highest BCUT2D eigenvalue weighted by Gasteiger charge is 2.11. The predicted molar refractivity (Wildman–Crippen MR) is 79.4 cm³/mol. The largest absolute Gasteiger partial charge is 0.507 e. The summed E-state index contributed by atoms with van der Waals surface area (Å²) in [6, 6.07) is 9.98. The Kier molecular flexibility index (Phi) is 3.76. The number of carbonyl (C=O) groups is 1. The maximum absolute atomic E-state index is 12.0. The molecule has 1 amide bonds. The SMILES string of the molecule is Cc1ccc(NC(=O)c2ccc(Br)cc2O)cc1N. The van der Waals surface area contributed by atoms with Crippen molar-refractivity contribution in [1.82, 2.24) is 0 Å². The van der Waals surface area contributed by atoms with E-state index in [-0.39, 0.29) is 17.2 Å². The van der Waals surface area contributed by atoms with E-state index in [0.29, 0.717) is 15.8 Å². The molecule has 0 saturated heterocycles. The van der Waals surface area contributed by atoms with Crippen LogP contribution in [0.4, 0.5) is 11.4 Å². The molecule has 0 aliphatic heterocycles. The van der Waals surface area contributed by atoms with Crippen LogP contribution in [0.15, 0.2) is 40.9 Å². The first-order chi connectivity index (χ1) is 8.97. The van der Waals surface area contributed by atoms with Gasteiger partial charge in [-0.1, -0.05) is 22.0 Å². The number of phenols is 1. The standard InChI is InChI=1S/C14H13BrN2O2/c1-8-2-4-10(7-12(8)16)17-14(19)11-5-3-9(15)6-13(11)18/h2-7,18H,16H2,1H3,(H,17,19). The van der Waals surface area contributed by atoms with Crippen LogP contribution in [0.2, 0.25) is 0 Å². The van der Waals surface area contributed by atoms with Crippen molar-refractivity contribution in [3.8, 4) is 5.75 Å². The van der Waals surface area contributed by atoms with Gasteiger partial charge in [-0.3, -0.25) is 4.79 Å². The lowest BCUT2D eigenvalue weighted by molar-refractivity contribution is 0.102. The molecule has 0 saturated carbocycles. The molecule has 0 spiro atoms. The Morgan fingerprint density at radius 3 is 2.63 bits per heavy atom. The Labute approximate surface area is 119 Å². The number of amides is 1. The molecule has 0 bridgehead atoms. The van der Waals surface area contributed by atoms with Gasteiger partial charge in [0.1, 0.15) is 5.75 Å². The van der Waals surface area contributed by atoms with Crippen molar-refractivity contribution >= 4 is 33.2 Å². The van der Waals surface area contributed by atoms with Gasteiger partial charge in [-0.15, -0.1) is 0 Å². The maximum Gasteiger partial charge on any atom is 0.259 e. The van der Waals surface area contributed by atoms with E-state index in [1.54, 1.807) is 24.3 Å². The van der Waals surface area contributed by atoms with E-state index in [0.717, 1.165) is 5.56 Å². The summed E-state index contributed by atoms with van der Waals surface area (Å²) in [5.74, 6) is -0.458. The lowest BCUT2D eigenvalue weighted by Crippen LogP contribution is -2.12. The number of benzene rings is 2. The van der Waals surface area contributed by atoms with Gasteiger partial charge in [0, 0.05) is 15.8 Å². The molecular formula is C14H13BrN2O2. The van der Waals surface area contributed by atoms with Crippen LogP contribution in [0.25, 0.3) is 0 Å². The van der Waals surface area contributed by atoms with Crippen LogP contribution < -0.4 is 11.1 Å². The van der Waals surface area contributed by atoms with Gasteiger partial charge in [0.2, 0.25) is 0 Å². The molecule has 0 aliphatic rings. The van der Waals surface area contributed by atoms with Gasteiger partial charge >= 0.3 is 0 Å². The van der Waals surface area contributed by atoms with Gasteiger partial charge in [-0.2, -0.15) is 0 Å². The molecule has 5 heteroatoms. The maximum atomic E-state index is 12.0. The minimum Gasteiger partial charge on any atom is -0.507 e. The summed E-state index contributed by atoms with van der Waals surface area (Å²) >= 11 is 3.22. The molecule has 4 nitrogen and oxygen atoms in total. The van der Waals surface area contributed by atoms with Crippen LogP contribution in [0, 0.1) is 6.92 Å². The van der Waals surface area contributed by atoms with Crippen molar-refractivity contribution in [3.05, 3.63) is 52.0 Å². The van der Waals surface area contributed by atoms with E-state index < -0.39 is 0 Å². The van der Waals surface area contributed by atoms with Gasteiger partial charge in [-0.05, 0) is 42.8 Å². The summed E-state index contributed by atoms with van der Waals surface area (Å²) in [7, 11) is 0. The second kappa shape index (κ2) is 5.32. The number of rotatable bonds is 2. The van der Waals surface area contributed by atoms with Crippen molar-refractivity contribution in [1.29, 1.82) is 0 Å². The summed E-state index contributed by atoms with van der Waals surface area (Å²) in [5, 5.41) is 12.4. The van der Waals surface area contributed by atoms with E-state index >= 15 is 0 Å². The van der Waals surface area contributed by atoms with Gasteiger partial charge in [-0.25, -0.2) is 0 Å². The number of nitrogen functional groups attached to an aromatic ring is 1.